The van der Waals surface area contributed by atoms with Crippen LogP contribution in [0.3, 0.4) is 0 Å². The molecule has 7 heteroatoms. The van der Waals surface area contributed by atoms with Gasteiger partial charge in [0, 0.05) is 42.6 Å². The van der Waals surface area contributed by atoms with Gasteiger partial charge in [0.1, 0.15) is 6.54 Å². The Bertz CT molecular complexity index is 675. The standard InChI is InChI=1S/C19H31N5OS/c1-5-14(6-2)17-11-15(25-24-17)12-23-19(20-8-4)21-10-9-18-22-13-16(7-3)26-18/h11,13-14H,5-10,12H2,1-4H3,(H2,20,21,23). The summed E-state index contributed by atoms with van der Waals surface area (Å²) in [5.74, 6) is 2.06. The Morgan fingerprint density at radius 2 is 2.04 bits per heavy atom. The van der Waals surface area contributed by atoms with Gasteiger partial charge in [-0.3, -0.25) is 0 Å². The minimum absolute atomic E-state index is 0.467. The minimum atomic E-state index is 0.467. The maximum Gasteiger partial charge on any atom is 0.191 e. The molecule has 0 aliphatic heterocycles. The van der Waals surface area contributed by atoms with Crippen molar-refractivity contribution in [2.45, 2.75) is 65.8 Å². The zero-order valence-electron chi connectivity index (χ0n) is 16.3. The minimum Gasteiger partial charge on any atom is -0.359 e. The second-order valence-electron chi connectivity index (χ2n) is 6.18. The first-order valence-corrected chi connectivity index (χ1v) is 10.4. The van der Waals surface area contributed by atoms with E-state index in [1.54, 1.807) is 11.3 Å². The first kappa shape index (κ1) is 20.4. The molecule has 0 unspecified atom stereocenters. The predicted octanol–water partition coefficient (Wildman–Crippen LogP) is 3.89. The van der Waals surface area contributed by atoms with Crippen molar-refractivity contribution in [1.82, 2.24) is 20.8 Å². The summed E-state index contributed by atoms with van der Waals surface area (Å²) in [6, 6.07) is 2.03. The number of hydrogen-bond acceptors (Lipinski definition) is 5. The van der Waals surface area contributed by atoms with E-state index in [1.165, 1.54) is 4.88 Å². The molecule has 144 valence electrons. The third kappa shape index (κ3) is 6.12. The number of nitrogens with one attached hydrogen (secondary N) is 2. The average molecular weight is 378 g/mol. The highest BCUT2D eigenvalue weighted by Crippen LogP contribution is 2.22. The van der Waals surface area contributed by atoms with E-state index in [9.17, 15) is 0 Å². The highest BCUT2D eigenvalue weighted by Gasteiger charge is 2.12. The van der Waals surface area contributed by atoms with E-state index in [0.29, 0.717) is 12.5 Å². The molecule has 2 rings (SSSR count). The smallest absolute Gasteiger partial charge is 0.191 e. The van der Waals surface area contributed by atoms with Crippen molar-refractivity contribution in [2.75, 3.05) is 13.1 Å². The van der Waals surface area contributed by atoms with Gasteiger partial charge in [-0.2, -0.15) is 0 Å². The van der Waals surface area contributed by atoms with E-state index in [2.05, 4.69) is 53.5 Å². The van der Waals surface area contributed by atoms with Crippen LogP contribution in [-0.2, 0) is 19.4 Å². The van der Waals surface area contributed by atoms with Crippen LogP contribution in [0.1, 0.15) is 67.8 Å². The van der Waals surface area contributed by atoms with Crippen molar-refractivity contribution >= 4 is 17.3 Å². The summed E-state index contributed by atoms with van der Waals surface area (Å²) in [6.45, 7) is 10.7. The van der Waals surface area contributed by atoms with Crippen LogP contribution in [0, 0.1) is 0 Å². The van der Waals surface area contributed by atoms with Crippen molar-refractivity contribution in [1.29, 1.82) is 0 Å². The van der Waals surface area contributed by atoms with Crippen LogP contribution in [0.15, 0.2) is 21.8 Å². The summed E-state index contributed by atoms with van der Waals surface area (Å²) >= 11 is 1.78. The first-order chi connectivity index (χ1) is 12.7. The zero-order chi connectivity index (χ0) is 18.8. The topological polar surface area (TPSA) is 75.3 Å². The number of aryl methyl sites for hydroxylation is 1. The summed E-state index contributed by atoms with van der Waals surface area (Å²) in [7, 11) is 0. The number of nitrogens with zero attached hydrogens (tertiary/aromatic N) is 3. The lowest BCUT2D eigenvalue weighted by atomic mass is 9.99. The van der Waals surface area contributed by atoms with Crippen LogP contribution in [-0.4, -0.2) is 29.2 Å². The van der Waals surface area contributed by atoms with E-state index in [4.69, 9.17) is 4.52 Å². The fourth-order valence-electron chi connectivity index (χ4n) is 2.72. The molecule has 0 spiro atoms. The van der Waals surface area contributed by atoms with Gasteiger partial charge in [-0.05, 0) is 26.2 Å². The largest absolute Gasteiger partial charge is 0.359 e. The van der Waals surface area contributed by atoms with Crippen molar-refractivity contribution in [3.8, 4) is 0 Å². The maximum atomic E-state index is 5.45. The molecule has 0 aromatic carbocycles. The van der Waals surface area contributed by atoms with Crippen LogP contribution in [0.5, 0.6) is 0 Å². The quantitative estimate of drug-likeness (QED) is 0.485. The van der Waals surface area contributed by atoms with E-state index < -0.39 is 0 Å². The number of hydrogen-bond donors (Lipinski definition) is 2. The molecular formula is C19H31N5OS. The van der Waals surface area contributed by atoms with E-state index in [0.717, 1.165) is 61.2 Å². The van der Waals surface area contributed by atoms with Crippen LogP contribution in [0.2, 0.25) is 0 Å². The molecule has 2 N–H and O–H groups in total. The molecule has 2 aromatic rings. The lowest BCUT2D eigenvalue weighted by Crippen LogP contribution is -2.38. The van der Waals surface area contributed by atoms with Gasteiger partial charge < -0.3 is 15.2 Å². The zero-order valence-corrected chi connectivity index (χ0v) is 17.2. The van der Waals surface area contributed by atoms with Crippen LogP contribution >= 0.6 is 11.3 Å². The Labute approximate surface area is 160 Å². The molecule has 0 amide bonds. The monoisotopic (exact) mass is 377 g/mol. The number of aliphatic imine (C=N–C) groups is 1. The molecule has 0 atom stereocenters. The predicted molar refractivity (Wildman–Crippen MR) is 108 cm³/mol. The summed E-state index contributed by atoms with van der Waals surface area (Å²) in [6.07, 6.45) is 6.07. The second kappa shape index (κ2) is 11.0. The number of thiazole rings is 1. The highest BCUT2D eigenvalue weighted by molar-refractivity contribution is 7.11. The molecule has 26 heavy (non-hydrogen) atoms. The Hall–Kier alpha value is -1.89. The van der Waals surface area contributed by atoms with Gasteiger partial charge in [-0.1, -0.05) is 25.9 Å². The highest BCUT2D eigenvalue weighted by atomic mass is 32.1. The van der Waals surface area contributed by atoms with Gasteiger partial charge in [0.15, 0.2) is 11.7 Å². The van der Waals surface area contributed by atoms with Gasteiger partial charge >= 0.3 is 0 Å². The number of rotatable bonds is 10. The van der Waals surface area contributed by atoms with Gasteiger partial charge in [-0.15, -0.1) is 11.3 Å². The Morgan fingerprint density at radius 1 is 1.23 bits per heavy atom. The molecule has 0 fully saturated rings. The molecule has 0 bridgehead atoms. The second-order valence-corrected chi connectivity index (χ2v) is 7.38. The van der Waals surface area contributed by atoms with E-state index in [1.807, 2.05) is 12.3 Å². The summed E-state index contributed by atoms with van der Waals surface area (Å²) < 4.78 is 5.45. The van der Waals surface area contributed by atoms with E-state index >= 15 is 0 Å². The maximum absolute atomic E-state index is 5.45. The van der Waals surface area contributed by atoms with Gasteiger partial charge in [0.05, 0.1) is 10.7 Å². The lowest BCUT2D eigenvalue weighted by molar-refractivity contribution is 0.372. The molecule has 0 saturated heterocycles. The first-order valence-electron chi connectivity index (χ1n) is 9.61. The van der Waals surface area contributed by atoms with Crippen molar-refractivity contribution in [3.05, 3.63) is 33.6 Å². The van der Waals surface area contributed by atoms with E-state index in [-0.39, 0.29) is 0 Å². The molecule has 0 aliphatic rings. The van der Waals surface area contributed by atoms with Crippen molar-refractivity contribution in [2.24, 2.45) is 4.99 Å². The molecule has 2 aromatic heterocycles. The van der Waals surface area contributed by atoms with Crippen LogP contribution < -0.4 is 10.6 Å². The third-order valence-corrected chi connectivity index (χ3v) is 5.50. The Balaban J connectivity index is 1.87. The Kier molecular flexibility index (Phi) is 8.61. The van der Waals surface area contributed by atoms with Crippen molar-refractivity contribution < 1.29 is 4.52 Å². The lowest BCUT2D eigenvalue weighted by Gasteiger charge is -2.10. The summed E-state index contributed by atoms with van der Waals surface area (Å²) in [4.78, 5) is 10.4. The fraction of sp³-hybridized carbons (Fsp3) is 0.632. The molecule has 2 heterocycles. The fourth-order valence-corrected chi connectivity index (χ4v) is 3.58. The Morgan fingerprint density at radius 3 is 2.69 bits per heavy atom. The van der Waals surface area contributed by atoms with Crippen LogP contribution in [0.25, 0.3) is 0 Å². The van der Waals surface area contributed by atoms with Crippen LogP contribution in [0.4, 0.5) is 0 Å². The molecular weight excluding hydrogens is 346 g/mol. The number of guanidine groups is 1. The van der Waals surface area contributed by atoms with Crippen molar-refractivity contribution in [3.63, 3.8) is 0 Å². The molecule has 0 aliphatic carbocycles. The molecule has 0 radical (unpaired) electrons. The van der Waals surface area contributed by atoms with Gasteiger partial charge in [0.25, 0.3) is 0 Å². The molecule has 6 nitrogen and oxygen atoms in total. The molecule has 0 saturated carbocycles. The third-order valence-electron chi connectivity index (χ3n) is 4.30. The van der Waals surface area contributed by atoms with Gasteiger partial charge in [-0.25, -0.2) is 9.98 Å². The van der Waals surface area contributed by atoms with Gasteiger partial charge in [0.2, 0.25) is 0 Å². The SMILES string of the molecule is CCNC(=NCc1cc(C(CC)CC)no1)NCCc1ncc(CC)s1. The normalized spacial score (nSPS) is 12.0. The summed E-state index contributed by atoms with van der Waals surface area (Å²) in [5, 5.41) is 12.0. The summed E-state index contributed by atoms with van der Waals surface area (Å²) in [5.41, 5.74) is 1.04. The average Bonchev–Trinajstić information content (AvgIpc) is 3.30. The number of aromatic nitrogens is 2.